The fourth-order valence-electron chi connectivity index (χ4n) is 2.35. The van der Waals surface area contributed by atoms with Crippen LogP contribution in [-0.2, 0) is 0 Å². The smallest absolute Gasteiger partial charge is 0.135 e. The summed E-state index contributed by atoms with van der Waals surface area (Å²) in [4.78, 5) is 6.82. The third-order valence-electron chi connectivity index (χ3n) is 3.55. The molecule has 2 aromatic rings. The van der Waals surface area contributed by atoms with Crippen LogP contribution >= 0.6 is 11.6 Å². The molecule has 0 aliphatic heterocycles. The van der Waals surface area contributed by atoms with Gasteiger partial charge < -0.3 is 10.2 Å². The quantitative estimate of drug-likeness (QED) is 0.616. The second kappa shape index (κ2) is 7.46. The zero-order valence-corrected chi connectivity index (χ0v) is 13.0. The molecule has 0 amide bonds. The van der Waals surface area contributed by atoms with Crippen LogP contribution < -0.4 is 5.32 Å². The summed E-state index contributed by atoms with van der Waals surface area (Å²) in [7, 11) is 0. The van der Waals surface area contributed by atoms with Crippen LogP contribution in [0.4, 0.5) is 5.82 Å². The van der Waals surface area contributed by atoms with Crippen LogP contribution in [0.1, 0.15) is 20.3 Å². The van der Waals surface area contributed by atoms with Crippen molar-refractivity contribution >= 4 is 28.2 Å². The Morgan fingerprint density at radius 3 is 2.70 bits per heavy atom. The van der Waals surface area contributed by atoms with Gasteiger partial charge in [0, 0.05) is 11.9 Å². The molecule has 1 aromatic carbocycles. The van der Waals surface area contributed by atoms with E-state index in [1.165, 1.54) is 0 Å². The van der Waals surface area contributed by atoms with Crippen LogP contribution in [0.5, 0.6) is 0 Å². The Hall–Kier alpha value is -1.32. The maximum Gasteiger partial charge on any atom is 0.135 e. The maximum absolute atomic E-state index is 6.07. The molecule has 2 rings (SSSR count). The van der Waals surface area contributed by atoms with E-state index in [1.54, 1.807) is 0 Å². The number of benzene rings is 1. The van der Waals surface area contributed by atoms with Gasteiger partial charge in [0.25, 0.3) is 0 Å². The van der Waals surface area contributed by atoms with Crippen LogP contribution in [0.15, 0.2) is 30.3 Å². The van der Waals surface area contributed by atoms with Crippen molar-refractivity contribution in [3.8, 4) is 0 Å². The number of hydrogen-bond donors (Lipinski definition) is 1. The zero-order chi connectivity index (χ0) is 14.4. The molecule has 0 spiro atoms. The molecule has 0 saturated heterocycles. The molecule has 4 heteroatoms. The lowest BCUT2D eigenvalue weighted by molar-refractivity contribution is 0.303. The number of pyridine rings is 1. The number of aromatic nitrogens is 1. The number of nitrogens with zero attached hydrogens (tertiary/aromatic N) is 2. The Kier molecular flexibility index (Phi) is 5.62. The van der Waals surface area contributed by atoms with Crippen molar-refractivity contribution < 1.29 is 0 Å². The van der Waals surface area contributed by atoms with Crippen LogP contribution in [0, 0.1) is 0 Å². The average molecular weight is 292 g/mol. The van der Waals surface area contributed by atoms with E-state index in [4.69, 9.17) is 11.6 Å². The topological polar surface area (TPSA) is 28.2 Å². The molecule has 1 aromatic heterocycles. The number of hydrogen-bond acceptors (Lipinski definition) is 3. The van der Waals surface area contributed by atoms with Crippen LogP contribution in [-0.4, -0.2) is 36.1 Å². The van der Waals surface area contributed by atoms with Gasteiger partial charge in [0.2, 0.25) is 0 Å². The predicted octanol–water partition coefficient (Wildman–Crippen LogP) is 4.03. The Morgan fingerprint density at radius 1 is 1.20 bits per heavy atom. The Balaban J connectivity index is 1.99. The summed E-state index contributed by atoms with van der Waals surface area (Å²) >= 11 is 6.07. The molecule has 0 atom stereocenters. The van der Waals surface area contributed by atoms with Crippen molar-refractivity contribution in [3.05, 3.63) is 35.5 Å². The van der Waals surface area contributed by atoms with E-state index in [0.717, 1.165) is 49.2 Å². The summed E-state index contributed by atoms with van der Waals surface area (Å²) in [6.45, 7) is 8.63. The minimum Gasteiger partial charge on any atom is -0.369 e. The lowest BCUT2D eigenvalue weighted by atomic mass is 10.1. The van der Waals surface area contributed by atoms with Gasteiger partial charge in [-0.2, -0.15) is 0 Å². The summed E-state index contributed by atoms with van der Waals surface area (Å²) in [6.07, 6.45) is 1.10. The van der Waals surface area contributed by atoms with Gasteiger partial charge in [0.15, 0.2) is 0 Å². The van der Waals surface area contributed by atoms with Gasteiger partial charge in [-0.05, 0) is 37.5 Å². The summed E-state index contributed by atoms with van der Waals surface area (Å²) in [5.74, 6) is 0.882. The molecule has 1 heterocycles. The Bertz CT molecular complexity index is 552. The predicted molar refractivity (Wildman–Crippen MR) is 87.6 cm³/mol. The van der Waals surface area contributed by atoms with E-state index in [-0.39, 0.29) is 0 Å². The standard InChI is InChI=1S/C16H22ClN3/c1-3-20(4-2)11-7-10-18-16-14-9-6-5-8-13(14)12-15(17)19-16/h5-6,8-9,12H,3-4,7,10-11H2,1-2H3,(H,18,19). The van der Waals surface area contributed by atoms with Crippen molar-refractivity contribution in [3.63, 3.8) is 0 Å². The van der Waals surface area contributed by atoms with Crippen molar-refractivity contribution in [1.82, 2.24) is 9.88 Å². The molecular weight excluding hydrogens is 270 g/mol. The third-order valence-corrected chi connectivity index (χ3v) is 3.74. The summed E-state index contributed by atoms with van der Waals surface area (Å²) in [5, 5.41) is 6.20. The largest absolute Gasteiger partial charge is 0.369 e. The molecule has 20 heavy (non-hydrogen) atoms. The SMILES string of the molecule is CCN(CC)CCCNc1nc(Cl)cc2ccccc12. The lowest BCUT2D eigenvalue weighted by Crippen LogP contribution is -2.25. The molecule has 0 saturated carbocycles. The van der Waals surface area contributed by atoms with Crippen molar-refractivity contribution in [2.45, 2.75) is 20.3 Å². The van der Waals surface area contributed by atoms with Gasteiger partial charge in [-0.15, -0.1) is 0 Å². The Morgan fingerprint density at radius 2 is 1.95 bits per heavy atom. The molecule has 0 aliphatic carbocycles. The second-order valence-corrected chi connectivity index (χ2v) is 5.21. The van der Waals surface area contributed by atoms with Gasteiger partial charge in [0.05, 0.1) is 0 Å². The van der Waals surface area contributed by atoms with E-state index >= 15 is 0 Å². The fraction of sp³-hybridized carbons (Fsp3) is 0.438. The van der Waals surface area contributed by atoms with Crippen LogP contribution in [0.3, 0.4) is 0 Å². The summed E-state index contributed by atoms with van der Waals surface area (Å²) in [6, 6.07) is 10.1. The monoisotopic (exact) mass is 291 g/mol. The molecule has 0 aliphatic rings. The number of fused-ring (bicyclic) bond motifs is 1. The fourth-order valence-corrected chi connectivity index (χ4v) is 2.55. The second-order valence-electron chi connectivity index (χ2n) is 4.82. The summed E-state index contributed by atoms with van der Waals surface area (Å²) in [5.41, 5.74) is 0. The first-order valence-electron chi connectivity index (χ1n) is 7.26. The van der Waals surface area contributed by atoms with Gasteiger partial charge in [0.1, 0.15) is 11.0 Å². The van der Waals surface area contributed by atoms with Crippen LogP contribution in [0.25, 0.3) is 10.8 Å². The molecule has 108 valence electrons. The highest BCUT2D eigenvalue weighted by Crippen LogP contribution is 2.24. The summed E-state index contributed by atoms with van der Waals surface area (Å²) < 4.78 is 0. The highest BCUT2D eigenvalue weighted by atomic mass is 35.5. The Labute approximate surface area is 126 Å². The molecule has 0 fully saturated rings. The minimum atomic E-state index is 0.537. The molecule has 0 unspecified atom stereocenters. The van der Waals surface area contributed by atoms with Gasteiger partial charge >= 0.3 is 0 Å². The highest BCUT2D eigenvalue weighted by Gasteiger charge is 2.04. The number of halogens is 1. The molecule has 0 bridgehead atoms. The number of rotatable bonds is 7. The van der Waals surface area contributed by atoms with E-state index in [9.17, 15) is 0 Å². The zero-order valence-electron chi connectivity index (χ0n) is 12.2. The lowest BCUT2D eigenvalue weighted by Gasteiger charge is -2.18. The third kappa shape index (κ3) is 3.84. The maximum atomic E-state index is 6.07. The molecular formula is C16H22ClN3. The van der Waals surface area contributed by atoms with Gasteiger partial charge in [-0.3, -0.25) is 0 Å². The number of anilines is 1. The first-order valence-corrected chi connectivity index (χ1v) is 7.64. The van der Waals surface area contributed by atoms with E-state index < -0.39 is 0 Å². The van der Waals surface area contributed by atoms with E-state index in [2.05, 4.69) is 41.2 Å². The number of nitrogens with one attached hydrogen (secondary N) is 1. The van der Waals surface area contributed by atoms with Gasteiger partial charge in [-0.1, -0.05) is 49.7 Å². The molecule has 3 nitrogen and oxygen atoms in total. The normalized spacial score (nSPS) is 11.2. The first-order chi connectivity index (χ1) is 9.74. The van der Waals surface area contributed by atoms with E-state index in [0.29, 0.717) is 5.15 Å². The molecule has 1 N–H and O–H groups in total. The average Bonchev–Trinajstić information content (AvgIpc) is 2.47. The van der Waals surface area contributed by atoms with E-state index in [1.807, 2.05) is 18.2 Å². The van der Waals surface area contributed by atoms with Crippen molar-refractivity contribution in [2.75, 3.05) is 31.5 Å². The van der Waals surface area contributed by atoms with Gasteiger partial charge in [-0.25, -0.2) is 4.98 Å². The molecule has 0 radical (unpaired) electrons. The minimum absolute atomic E-state index is 0.537. The van der Waals surface area contributed by atoms with Crippen LogP contribution in [0.2, 0.25) is 5.15 Å². The first kappa shape index (κ1) is 15.1. The highest BCUT2D eigenvalue weighted by molar-refractivity contribution is 6.30. The van der Waals surface area contributed by atoms with Crippen molar-refractivity contribution in [1.29, 1.82) is 0 Å². The van der Waals surface area contributed by atoms with Crippen molar-refractivity contribution in [2.24, 2.45) is 0 Å².